The zero-order valence-corrected chi connectivity index (χ0v) is 16.4. The van der Waals surface area contributed by atoms with Gasteiger partial charge in [-0.05, 0) is 42.1 Å². The second-order valence-corrected chi connectivity index (χ2v) is 9.75. The number of hydrogen-bond acceptors (Lipinski definition) is 3. The number of fused-ring (bicyclic) bond motifs is 1. The maximum Gasteiger partial charge on any atom is 0.208 e. The van der Waals surface area contributed by atoms with Crippen LogP contribution in [-0.4, -0.2) is 26.5 Å². The molecule has 26 heavy (non-hydrogen) atoms. The lowest BCUT2D eigenvalue weighted by atomic mass is 9.97. The summed E-state index contributed by atoms with van der Waals surface area (Å²) in [6.45, 7) is 8.49. The fourth-order valence-corrected chi connectivity index (χ4v) is 4.40. The molecule has 4 nitrogen and oxygen atoms in total. The number of H-pyrrole nitrogens is 1. The van der Waals surface area contributed by atoms with Crippen LogP contribution in [0.4, 0.5) is 0 Å². The highest BCUT2D eigenvalue weighted by molar-refractivity contribution is 7.91. The highest BCUT2D eigenvalue weighted by Crippen LogP contribution is 2.28. The molecular weight excluding hydrogens is 344 g/mol. The molecule has 0 fully saturated rings. The van der Waals surface area contributed by atoms with Crippen molar-refractivity contribution in [1.82, 2.24) is 10.3 Å². The molecule has 138 valence electrons. The first-order valence-corrected chi connectivity index (χ1v) is 10.4. The average molecular weight is 371 g/mol. The zero-order valence-electron chi connectivity index (χ0n) is 15.5. The summed E-state index contributed by atoms with van der Waals surface area (Å²) in [5.41, 5.74) is 2.31. The number of aromatic nitrogens is 1. The van der Waals surface area contributed by atoms with E-state index in [0.717, 1.165) is 30.4 Å². The minimum absolute atomic E-state index is 0.268. The first-order chi connectivity index (χ1) is 12.3. The molecule has 0 bridgehead atoms. The topological polar surface area (TPSA) is 62.0 Å². The molecule has 0 spiro atoms. The van der Waals surface area contributed by atoms with Gasteiger partial charge in [-0.1, -0.05) is 51.1 Å². The van der Waals surface area contributed by atoms with Crippen LogP contribution in [0.25, 0.3) is 10.9 Å². The molecular formula is C21H26N2O2S. The number of aromatic amines is 1. The van der Waals surface area contributed by atoms with Gasteiger partial charge in [0.2, 0.25) is 9.84 Å². The molecule has 0 aliphatic rings. The van der Waals surface area contributed by atoms with Crippen LogP contribution in [0.15, 0.2) is 64.5 Å². The fourth-order valence-electron chi connectivity index (χ4n) is 2.95. The summed E-state index contributed by atoms with van der Waals surface area (Å²) in [5, 5.41) is 4.20. The second kappa shape index (κ2) is 7.25. The van der Waals surface area contributed by atoms with Crippen molar-refractivity contribution in [3.63, 3.8) is 0 Å². The number of rotatable bonds is 6. The van der Waals surface area contributed by atoms with Gasteiger partial charge in [0.1, 0.15) is 0 Å². The van der Waals surface area contributed by atoms with Gasteiger partial charge in [0.15, 0.2) is 0 Å². The van der Waals surface area contributed by atoms with Crippen molar-refractivity contribution in [3.05, 3.63) is 60.3 Å². The van der Waals surface area contributed by atoms with E-state index in [1.165, 1.54) is 5.56 Å². The Morgan fingerprint density at radius 2 is 1.77 bits per heavy atom. The van der Waals surface area contributed by atoms with Crippen LogP contribution < -0.4 is 5.32 Å². The van der Waals surface area contributed by atoms with Crippen LogP contribution in [0, 0.1) is 5.41 Å². The van der Waals surface area contributed by atoms with Crippen molar-refractivity contribution < 1.29 is 8.42 Å². The summed E-state index contributed by atoms with van der Waals surface area (Å²) < 4.78 is 25.7. The quantitative estimate of drug-likeness (QED) is 0.640. The molecule has 3 rings (SSSR count). The Hall–Kier alpha value is -2.11. The van der Waals surface area contributed by atoms with Gasteiger partial charge in [0, 0.05) is 23.6 Å². The molecule has 0 saturated heterocycles. The Morgan fingerprint density at radius 1 is 1.04 bits per heavy atom. The predicted molar refractivity (Wildman–Crippen MR) is 106 cm³/mol. The third kappa shape index (κ3) is 4.17. The molecule has 3 aromatic rings. The molecule has 0 radical (unpaired) electrons. The van der Waals surface area contributed by atoms with E-state index in [4.69, 9.17) is 0 Å². The standard InChI is InChI=1S/C21H26N2O2S/c1-21(2,3)15-22-12-11-16-9-10-18-19(13-16)23-14-20(18)26(24,25)17-7-5-4-6-8-17/h4-10,13-14,22-23H,11-12,15H2,1-3H3. The first kappa shape index (κ1) is 18.7. The molecule has 0 aliphatic heterocycles. The molecule has 0 aliphatic carbocycles. The number of benzene rings is 2. The second-order valence-electron chi connectivity index (χ2n) is 7.84. The smallest absolute Gasteiger partial charge is 0.208 e. The van der Waals surface area contributed by atoms with Crippen LogP contribution in [0.1, 0.15) is 26.3 Å². The summed E-state index contributed by atoms with van der Waals surface area (Å²) in [4.78, 5) is 3.77. The lowest BCUT2D eigenvalue weighted by Gasteiger charge is -2.18. The summed E-state index contributed by atoms with van der Waals surface area (Å²) in [6.07, 6.45) is 2.50. The van der Waals surface area contributed by atoms with Gasteiger partial charge in [-0.15, -0.1) is 0 Å². The van der Waals surface area contributed by atoms with Crippen molar-refractivity contribution >= 4 is 20.7 Å². The van der Waals surface area contributed by atoms with E-state index >= 15 is 0 Å². The van der Waals surface area contributed by atoms with Crippen molar-refractivity contribution in [2.45, 2.75) is 37.0 Å². The molecule has 0 amide bonds. The van der Waals surface area contributed by atoms with Gasteiger partial charge in [0.05, 0.1) is 9.79 Å². The van der Waals surface area contributed by atoms with Crippen LogP contribution in [0.2, 0.25) is 0 Å². The van der Waals surface area contributed by atoms with Crippen LogP contribution >= 0.6 is 0 Å². The lowest BCUT2D eigenvalue weighted by molar-refractivity contribution is 0.381. The largest absolute Gasteiger partial charge is 0.360 e. The van der Waals surface area contributed by atoms with Gasteiger partial charge < -0.3 is 10.3 Å². The van der Waals surface area contributed by atoms with Crippen molar-refractivity contribution in [2.24, 2.45) is 5.41 Å². The van der Waals surface area contributed by atoms with Crippen LogP contribution in [-0.2, 0) is 16.3 Å². The van der Waals surface area contributed by atoms with E-state index in [0.29, 0.717) is 9.79 Å². The Morgan fingerprint density at radius 3 is 2.46 bits per heavy atom. The molecule has 0 saturated carbocycles. The third-order valence-corrected chi connectivity index (χ3v) is 6.11. The molecule has 2 N–H and O–H groups in total. The van der Waals surface area contributed by atoms with E-state index in [-0.39, 0.29) is 5.41 Å². The van der Waals surface area contributed by atoms with Gasteiger partial charge in [-0.3, -0.25) is 0 Å². The normalized spacial score (nSPS) is 12.6. The predicted octanol–water partition coefficient (Wildman–Crippen LogP) is 4.18. The minimum atomic E-state index is -3.52. The first-order valence-electron chi connectivity index (χ1n) is 8.88. The molecule has 1 heterocycles. The van der Waals surface area contributed by atoms with Crippen LogP contribution in [0.5, 0.6) is 0 Å². The summed E-state index contributed by atoms with van der Waals surface area (Å²) in [6, 6.07) is 14.5. The molecule has 5 heteroatoms. The summed E-state index contributed by atoms with van der Waals surface area (Å²) in [7, 11) is -3.52. The number of hydrogen-bond donors (Lipinski definition) is 2. The van der Waals surface area contributed by atoms with Crippen LogP contribution in [0.3, 0.4) is 0 Å². The van der Waals surface area contributed by atoms with Crippen molar-refractivity contribution in [2.75, 3.05) is 13.1 Å². The maximum absolute atomic E-state index is 12.9. The highest BCUT2D eigenvalue weighted by atomic mass is 32.2. The van der Waals surface area contributed by atoms with E-state index in [2.05, 4.69) is 31.1 Å². The molecule has 1 aromatic heterocycles. The van der Waals surface area contributed by atoms with E-state index in [1.807, 2.05) is 24.3 Å². The fraction of sp³-hybridized carbons (Fsp3) is 0.333. The van der Waals surface area contributed by atoms with Crippen molar-refractivity contribution in [1.29, 1.82) is 0 Å². The zero-order chi connectivity index (χ0) is 18.8. The number of sulfone groups is 1. The van der Waals surface area contributed by atoms with Gasteiger partial charge in [0.25, 0.3) is 0 Å². The SMILES string of the molecule is CC(C)(C)CNCCc1ccc2c(S(=O)(=O)c3ccccc3)c[nH]c2c1. The molecule has 0 unspecified atom stereocenters. The third-order valence-electron chi connectivity index (χ3n) is 4.30. The Balaban J connectivity index is 1.80. The van der Waals surface area contributed by atoms with Crippen molar-refractivity contribution in [3.8, 4) is 0 Å². The Bertz CT molecular complexity index is 984. The minimum Gasteiger partial charge on any atom is -0.360 e. The Kier molecular flexibility index (Phi) is 5.21. The van der Waals surface area contributed by atoms with Gasteiger partial charge >= 0.3 is 0 Å². The monoisotopic (exact) mass is 370 g/mol. The average Bonchev–Trinajstić information content (AvgIpc) is 3.03. The van der Waals surface area contributed by atoms with Gasteiger partial charge in [-0.2, -0.15) is 0 Å². The van der Waals surface area contributed by atoms with E-state index < -0.39 is 9.84 Å². The molecule has 0 atom stereocenters. The van der Waals surface area contributed by atoms with Gasteiger partial charge in [-0.25, -0.2) is 8.42 Å². The lowest BCUT2D eigenvalue weighted by Crippen LogP contribution is -2.28. The summed E-state index contributed by atoms with van der Waals surface area (Å²) >= 11 is 0. The highest BCUT2D eigenvalue weighted by Gasteiger charge is 2.21. The summed E-state index contributed by atoms with van der Waals surface area (Å²) in [5.74, 6) is 0. The van der Waals surface area contributed by atoms with E-state index in [1.54, 1.807) is 30.5 Å². The Labute approximate surface area is 155 Å². The van der Waals surface area contributed by atoms with E-state index in [9.17, 15) is 8.42 Å². The molecule has 2 aromatic carbocycles. The number of nitrogens with one attached hydrogen (secondary N) is 2. The maximum atomic E-state index is 12.9.